The van der Waals surface area contributed by atoms with Crippen LogP contribution in [0, 0.1) is 5.92 Å². The topological polar surface area (TPSA) is 26.3 Å². The zero-order valence-corrected chi connectivity index (χ0v) is 12.1. The molecule has 0 saturated carbocycles. The van der Waals surface area contributed by atoms with Crippen LogP contribution in [0.25, 0.3) is 0 Å². The maximum absolute atomic E-state index is 11.6. The van der Waals surface area contributed by atoms with Crippen molar-refractivity contribution in [3.05, 3.63) is 29.8 Å². The molecule has 1 aromatic rings. The summed E-state index contributed by atoms with van der Waals surface area (Å²) in [4.78, 5) is 11.6. The van der Waals surface area contributed by atoms with Gasteiger partial charge in [-0.3, -0.25) is 4.79 Å². The predicted molar refractivity (Wildman–Crippen MR) is 75.1 cm³/mol. The maximum atomic E-state index is 11.6. The molecule has 2 heteroatoms. The molecule has 2 nitrogen and oxygen atoms in total. The summed E-state index contributed by atoms with van der Waals surface area (Å²) in [5.41, 5.74) is 1.41. The van der Waals surface area contributed by atoms with Crippen molar-refractivity contribution in [2.75, 3.05) is 6.61 Å². The lowest BCUT2D eigenvalue weighted by Crippen LogP contribution is -2.18. The first-order valence-electron chi connectivity index (χ1n) is 6.60. The van der Waals surface area contributed by atoms with Gasteiger partial charge in [0, 0.05) is 5.92 Å². The van der Waals surface area contributed by atoms with E-state index < -0.39 is 0 Å². The molecule has 18 heavy (non-hydrogen) atoms. The second-order valence-corrected chi connectivity index (χ2v) is 5.84. The Bertz CT molecular complexity index is 385. The average Bonchev–Trinajstić information content (AvgIpc) is 2.34. The van der Waals surface area contributed by atoms with Crippen LogP contribution in [-0.2, 0) is 10.2 Å². The first-order valence-corrected chi connectivity index (χ1v) is 6.60. The van der Waals surface area contributed by atoms with E-state index in [0.29, 0.717) is 0 Å². The summed E-state index contributed by atoms with van der Waals surface area (Å²) in [6.45, 7) is 10.7. The van der Waals surface area contributed by atoms with E-state index in [0.717, 1.165) is 12.2 Å². The molecule has 0 amide bonds. The van der Waals surface area contributed by atoms with Gasteiger partial charge in [0.25, 0.3) is 0 Å². The minimum Gasteiger partial charge on any atom is -0.486 e. The summed E-state index contributed by atoms with van der Waals surface area (Å²) >= 11 is 0. The van der Waals surface area contributed by atoms with Crippen LogP contribution in [0.2, 0.25) is 0 Å². The Balaban J connectivity index is 2.57. The molecular formula is C16H24O2. The van der Waals surface area contributed by atoms with Crippen molar-refractivity contribution in [1.29, 1.82) is 0 Å². The number of ketones is 1. The number of Topliss-reactive ketones (excluding diaryl/α,β-unsaturated/α-hetero) is 1. The van der Waals surface area contributed by atoms with Crippen LogP contribution in [0.4, 0.5) is 0 Å². The Morgan fingerprint density at radius 3 is 2.22 bits per heavy atom. The molecule has 0 bridgehead atoms. The minimum absolute atomic E-state index is 0.0823. The third-order valence-corrected chi connectivity index (χ3v) is 3.26. The van der Waals surface area contributed by atoms with Crippen molar-refractivity contribution in [3.8, 4) is 5.75 Å². The Labute approximate surface area is 110 Å². The van der Waals surface area contributed by atoms with Crippen LogP contribution >= 0.6 is 0 Å². The summed E-state index contributed by atoms with van der Waals surface area (Å²) in [6, 6.07) is 7.99. The monoisotopic (exact) mass is 248 g/mol. The standard InChI is InChI=1S/C16H24O2/c1-6-12(2)15(17)11-18-14-9-7-13(8-10-14)16(3,4)5/h7-10,12H,6,11H2,1-5H3. The van der Waals surface area contributed by atoms with Gasteiger partial charge in [-0.15, -0.1) is 0 Å². The number of ether oxygens (including phenoxy) is 1. The van der Waals surface area contributed by atoms with Gasteiger partial charge in [-0.2, -0.15) is 0 Å². The molecule has 1 unspecified atom stereocenters. The van der Waals surface area contributed by atoms with Crippen LogP contribution in [0.1, 0.15) is 46.6 Å². The number of carbonyl (C=O) groups excluding carboxylic acids is 1. The molecule has 100 valence electrons. The Morgan fingerprint density at radius 2 is 1.78 bits per heavy atom. The van der Waals surface area contributed by atoms with Crippen LogP contribution in [0.15, 0.2) is 24.3 Å². The smallest absolute Gasteiger partial charge is 0.172 e. The van der Waals surface area contributed by atoms with E-state index in [1.807, 2.05) is 26.0 Å². The third kappa shape index (κ3) is 4.17. The van der Waals surface area contributed by atoms with E-state index in [2.05, 4.69) is 32.9 Å². The van der Waals surface area contributed by atoms with Gasteiger partial charge < -0.3 is 4.74 Å². The second kappa shape index (κ2) is 6.03. The highest BCUT2D eigenvalue weighted by atomic mass is 16.5. The summed E-state index contributed by atoms with van der Waals surface area (Å²) in [5.74, 6) is 1.01. The highest BCUT2D eigenvalue weighted by Crippen LogP contribution is 2.24. The lowest BCUT2D eigenvalue weighted by Gasteiger charge is -2.19. The van der Waals surface area contributed by atoms with Crippen LogP contribution in [0.3, 0.4) is 0 Å². The summed E-state index contributed by atoms with van der Waals surface area (Å²) in [5, 5.41) is 0. The second-order valence-electron chi connectivity index (χ2n) is 5.84. The highest BCUT2D eigenvalue weighted by Gasteiger charge is 2.14. The van der Waals surface area contributed by atoms with Crippen molar-refractivity contribution in [2.24, 2.45) is 5.92 Å². The SMILES string of the molecule is CCC(C)C(=O)COc1ccc(C(C)(C)C)cc1. The van der Waals surface area contributed by atoms with E-state index in [4.69, 9.17) is 4.74 Å². The molecule has 0 aromatic heterocycles. The first kappa shape index (κ1) is 14.7. The number of hydrogen-bond acceptors (Lipinski definition) is 2. The Hall–Kier alpha value is -1.31. The molecule has 0 aliphatic heterocycles. The quantitative estimate of drug-likeness (QED) is 0.788. The molecule has 0 radical (unpaired) electrons. The predicted octanol–water partition coefficient (Wildman–Crippen LogP) is 3.98. The van der Waals surface area contributed by atoms with Gasteiger partial charge in [-0.25, -0.2) is 0 Å². The van der Waals surface area contributed by atoms with Gasteiger partial charge in [0.2, 0.25) is 0 Å². The lowest BCUT2D eigenvalue weighted by atomic mass is 9.87. The van der Waals surface area contributed by atoms with E-state index in [-0.39, 0.29) is 23.7 Å². The van der Waals surface area contributed by atoms with Gasteiger partial charge in [-0.1, -0.05) is 46.8 Å². The number of rotatable bonds is 5. The van der Waals surface area contributed by atoms with Crippen molar-refractivity contribution in [3.63, 3.8) is 0 Å². The molecule has 0 aliphatic rings. The minimum atomic E-state index is 0.0823. The maximum Gasteiger partial charge on any atom is 0.172 e. The van der Waals surface area contributed by atoms with E-state index in [9.17, 15) is 4.79 Å². The molecular weight excluding hydrogens is 224 g/mol. The van der Waals surface area contributed by atoms with Crippen LogP contribution in [-0.4, -0.2) is 12.4 Å². The van der Waals surface area contributed by atoms with Gasteiger partial charge in [0.15, 0.2) is 5.78 Å². The molecule has 1 atom stereocenters. The summed E-state index contributed by atoms with van der Waals surface area (Å²) in [6.07, 6.45) is 0.866. The van der Waals surface area contributed by atoms with Gasteiger partial charge in [-0.05, 0) is 29.5 Å². The van der Waals surface area contributed by atoms with Crippen molar-refractivity contribution in [2.45, 2.75) is 46.5 Å². The molecule has 0 fully saturated rings. The zero-order chi connectivity index (χ0) is 13.8. The summed E-state index contributed by atoms with van der Waals surface area (Å²) in [7, 11) is 0. The van der Waals surface area contributed by atoms with Crippen LogP contribution < -0.4 is 4.74 Å². The van der Waals surface area contributed by atoms with Gasteiger partial charge >= 0.3 is 0 Å². The molecule has 0 heterocycles. The largest absolute Gasteiger partial charge is 0.486 e. The fourth-order valence-electron chi connectivity index (χ4n) is 1.58. The van der Waals surface area contributed by atoms with Gasteiger partial charge in [0.05, 0.1) is 0 Å². The molecule has 0 spiro atoms. The molecule has 0 N–H and O–H groups in total. The first-order chi connectivity index (χ1) is 8.34. The van der Waals surface area contributed by atoms with Crippen molar-refractivity contribution in [1.82, 2.24) is 0 Å². The number of hydrogen-bond donors (Lipinski definition) is 0. The molecule has 1 aromatic carbocycles. The van der Waals surface area contributed by atoms with E-state index in [1.54, 1.807) is 0 Å². The average molecular weight is 248 g/mol. The number of benzene rings is 1. The Morgan fingerprint density at radius 1 is 1.22 bits per heavy atom. The highest BCUT2D eigenvalue weighted by molar-refractivity contribution is 5.82. The van der Waals surface area contributed by atoms with E-state index in [1.165, 1.54) is 5.56 Å². The van der Waals surface area contributed by atoms with Crippen molar-refractivity contribution < 1.29 is 9.53 Å². The normalized spacial score (nSPS) is 13.2. The Kier molecular flexibility index (Phi) is 4.94. The lowest BCUT2D eigenvalue weighted by molar-refractivity contribution is -0.124. The third-order valence-electron chi connectivity index (χ3n) is 3.26. The van der Waals surface area contributed by atoms with Gasteiger partial charge in [0.1, 0.15) is 12.4 Å². The molecule has 1 rings (SSSR count). The molecule has 0 saturated heterocycles. The zero-order valence-electron chi connectivity index (χ0n) is 12.1. The van der Waals surface area contributed by atoms with Crippen molar-refractivity contribution >= 4 is 5.78 Å². The van der Waals surface area contributed by atoms with E-state index >= 15 is 0 Å². The molecule has 0 aliphatic carbocycles. The van der Waals surface area contributed by atoms with Crippen LogP contribution in [0.5, 0.6) is 5.75 Å². The fourth-order valence-corrected chi connectivity index (χ4v) is 1.58. The summed E-state index contributed by atoms with van der Waals surface area (Å²) < 4.78 is 5.51. The fraction of sp³-hybridized carbons (Fsp3) is 0.562. The number of carbonyl (C=O) groups is 1.